The number of amides is 2. The van der Waals surface area contributed by atoms with Crippen LogP contribution in [-0.2, 0) is 11.2 Å². The van der Waals surface area contributed by atoms with E-state index in [2.05, 4.69) is 9.97 Å². The number of benzene rings is 2. The van der Waals surface area contributed by atoms with Crippen LogP contribution in [0, 0.1) is 5.82 Å². The molecular weight excluding hydrogens is 395 g/mol. The van der Waals surface area contributed by atoms with Crippen molar-refractivity contribution in [2.24, 2.45) is 0 Å². The van der Waals surface area contributed by atoms with Crippen LogP contribution in [0.25, 0.3) is 11.1 Å². The number of aromatic nitrogens is 2. The van der Waals surface area contributed by atoms with E-state index < -0.39 is 6.04 Å². The van der Waals surface area contributed by atoms with Crippen molar-refractivity contribution in [1.29, 1.82) is 0 Å². The topological polar surface area (TPSA) is 66.4 Å². The highest BCUT2D eigenvalue weighted by molar-refractivity contribution is 5.96. The average Bonchev–Trinajstić information content (AvgIpc) is 2.81. The van der Waals surface area contributed by atoms with E-state index in [9.17, 15) is 14.0 Å². The quantitative estimate of drug-likeness (QED) is 0.638. The molecule has 1 aliphatic rings. The summed E-state index contributed by atoms with van der Waals surface area (Å²) in [5.74, 6) is -0.661. The molecule has 2 heterocycles. The number of nitrogens with zero attached hydrogens (tertiary/aromatic N) is 4. The molecule has 158 valence electrons. The molecule has 31 heavy (non-hydrogen) atoms. The minimum Gasteiger partial charge on any atom is -0.339 e. The molecule has 0 bridgehead atoms. The lowest BCUT2D eigenvalue weighted by molar-refractivity contribution is -0.139. The number of likely N-dealkylation sites (N-methyl/N-ethyl adjacent to an activating group) is 1. The van der Waals surface area contributed by atoms with Crippen molar-refractivity contribution >= 4 is 11.8 Å². The van der Waals surface area contributed by atoms with Crippen molar-refractivity contribution in [3.8, 4) is 11.1 Å². The molecule has 7 heteroatoms. The van der Waals surface area contributed by atoms with Crippen LogP contribution in [0.1, 0.15) is 23.0 Å². The van der Waals surface area contributed by atoms with Crippen LogP contribution in [0.5, 0.6) is 0 Å². The molecule has 0 unspecified atom stereocenters. The summed E-state index contributed by atoms with van der Waals surface area (Å²) in [4.78, 5) is 37.5. The molecule has 2 amide bonds. The van der Waals surface area contributed by atoms with Crippen LogP contribution in [0.3, 0.4) is 0 Å². The number of carbonyl (C=O) groups excluding carboxylic acids is 2. The fraction of sp³-hybridized carbons (Fsp3) is 0.250. The average molecular weight is 418 g/mol. The van der Waals surface area contributed by atoms with Gasteiger partial charge in [0.05, 0.1) is 6.20 Å². The predicted molar refractivity (Wildman–Crippen MR) is 115 cm³/mol. The molecule has 0 N–H and O–H groups in total. The van der Waals surface area contributed by atoms with Gasteiger partial charge in [-0.1, -0.05) is 42.5 Å². The van der Waals surface area contributed by atoms with Crippen molar-refractivity contribution in [2.75, 3.05) is 19.6 Å². The maximum Gasteiger partial charge on any atom is 0.274 e. The predicted octanol–water partition coefficient (Wildman–Crippen LogP) is 3.20. The van der Waals surface area contributed by atoms with E-state index in [1.54, 1.807) is 28.0 Å². The lowest BCUT2D eigenvalue weighted by atomic mass is 9.97. The largest absolute Gasteiger partial charge is 0.339 e. The van der Waals surface area contributed by atoms with Gasteiger partial charge in [0.2, 0.25) is 5.91 Å². The fourth-order valence-corrected chi connectivity index (χ4v) is 3.89. The molecule has 0 radical (unpaired) electrons. The zero-order valence-corrected chi connectivity index (χ0v) is 17.2. The second kappa shape index (κ2) is 9.04. The van der Waals surface area contributed by atoms with Gasteiger partial charge < -0.3 is 9.80 Å². The second-order valence-electron chi connectivity index (χ2n) is 7.40. The van der Waals surface area contributed by atoms with Gasteiger partial charge in [-0.15, -0.1) is 0 Å². The van der Waals surface area contributed by atoms with Crippen LogP contribution in [0.2, 0.25) is 0 Å². The van der Waals surface area contributed by atoms with Gasteiger partial charge in [-0.2, -0.15) is 0 Å². The van der Waals surface area contributed by atoms with Gasteiger partial charge in [0.15, 0.2) is 0 Å². The second-order valence-corrected chi connectivity index (χ2v) is 7.40. The lowest BCUT2D eigenvalue weighted by Crippen LogP contribution is -2.59. The molecule has 2 aromatic carbocycles. The molecule has 0 spiro atoms. The fourth-order valence-electron chi connectivity index (χ4n) is 3.89. The first-order valence-corrected chi connectivity index (χ1v) is 10.3. The van der Waals surface area contributed by atoms with Gasteiger partial charge in [0.1, 0.15) is 17.6 Å². The summed E-state index contributed by atoms with van der Waals surface area (Å²) in [7, 11) is 0. The zero-order valence-electron chi connectivity index (χ0n) is 17.2. The lowest BCUT2D eigenvalue weighted by Gasteiger charge is -2.40. The summed E-state index contributed by atoms with van der Waals surface area (Å²) in [6.07, 6.45) is 4.76. The molecule has 1 saturated heterocycles. The third-order valence-electron chi connectivity index (χ3n) is 5.58. The molecule has 4 rings (SSSR count). The van der Waals surface area contributed by atoms with E-state index >= 15 is 0 Å². The maximum absolute atomic E-state index is 14.1. The van der Waals surface area contributed by atoms with Crippen molar-refractivity contribution in [1.82, 2.24) is 19.8 Å². The summed E-state index contributed by atoms with van der Waals surface area (Å²) in [6, 6.07) is 13.4. The van der Waals surface area contributed by atoms with Gasteiger partial charge in [-0.25, -0.2) is 9.37 Å². The number of hydrogen-bond donors (Lipinski definition) is 0. The van der Waals surface area contributed by atoms with Crippen molar-refractivity contribution in [2.45, 2.75) is 19.4 Å². The number of rotatable bonds is 5. The van der Waals surface area contributed by atoms with E-state index in [0.29, 0.717) is 31.6 Å². The normalized spacial score (nSPS) is 16.5. The van der Waals surface area contributed by atoms with E-state index in [1.807, 2.05) is 31.2 Å². The van der Waals surface area contributed by atoms with Crippen LogP contribution < -0.4 is 0 Å². The summed E-state index contributed by atoms with van der Waals surface area (Å²) in [5.41, 5.74) is 2.41. The number of carbonyl (C=O) groups is 2. The van der Waals surface area contributed by atoms with E-state index in [1.165, 1.54) is 24.7 Å². The summed E-state index contributed by atoms with van der Waals surface area (Å²) >= 11 is 0. The highest BCUT2D eigenvalue weighted by Crippen LogP contribution is 2.24. The van der Waals surface area contributed by atoms with Crippen LogP contribution >= 0.6 is 0 Å². The van der Waals surface area contributed by atoms with Gasteiger partial charge in [-0.05, 0) is 24.1 Å². The highest BCUT2D eigenvalue weighted by Gasteiger charge is 2.37. The smallest absolute Gasteiger partial charge is 0.274 e. The molecular formula is C24H23FN4O2. The minimum atomic E-state index is -0.623. The van der Waals surface area contributed by atoms with Crippen molar-refractivity contribution in [3.05, 3.63) is 84.2 Å². The number of piperazine rings is 1. The SMILES string of the molecule is CCN1CCN(C(=O)c2cnccn2)[C@H](Cc2ccc(-c3ccccc3F)cc2)C1=O. The van der Waals surface area contributed by atoms with E-state index in [4.69, 9.17) is 0 Å². The Kier molecular flexibility index (Phi) is 6.02. The summed E-state index contributed by atoms with van der Waals surface area (Å²) < 4.78 is 14.1. The Labute approximate surface area is 180 Å². The minimum absolute atomic E-state index is 0.0795. The monoisotopic (exact) mass is 418 g/mol. The van der Waals surface area contributed by atoms with Gasteiger partial charge in [-0.3, -0.25) is 14.6 Å². The van der Waals surface area contributed by atoms with Gasteiger partial charge in [0, 0.05) is 44.0 Å². The molecule has 0 saturated carbocycles. The number of halogens is 1. The third-order valence-corrected chi connectivity index (χ3v) is 5.58. The van der Waals surface area contributed by atoms with Crippen molar-refractivity contribution in [3.63, 3.8) is 0 Å². The molecule has 6 nitrogen and oxygen atoms in total. The van der Waals surface area contributed by atoms with Crippen molar-refractivity contribution < 1.29 is 14.0 Å². The maximum atomic E-state index is 14.1. The Morgan fingerprint density at radius 2 is 1.87 bits per heavy atom. The first-order valence-electron chi connectivity index (χ1n) is 10.3. The Bertz CT molecular complexity index is 1070. The standard InChI is InChI=1S/C24H23FN4O2/c1-2-28-13-14-29(23(30)21-16-26-11-12-27-21)22(24(28)31)15-17-7-9-18(10-8-17)19-5-3-4-6-20(19)25/h3-12,16,22H,2,13-15H2,1H3/t22-/m1/s1. The third kappa shape index (κ3) is 4.30. The Balaban J connectivity index is 1.59. The van der Waals surface area contributed by atoms with Crippen LogP contribution in [-0.4, -0.2) is 57.3 Å². The summed E-state index contributed by atoms with van der Waals surface area (Å²) in [6.45, 7) is 3.45. The molecule has 1 aromatic heterocycles. The molecule has 3 aromatic rings. The molecule has 1 atom stereocenters. The molecule has 1 aliphatic heterocycles. The highest BCUT2D eigenvalue weighted by atomic mass is 19.1. The van der Waals surface area contributed by atoms with E-state index in [-0.39, 0.29) is 23.3 Å². The zero-order chi connectivity index (χ0) is 21.8. The first-order chi connectivity index (χ1) is 15.1. The molecule has 1 fully saturated rings. The van der Waals surface area contributed by atoms with Crippen LogP contribution in [0.4, 0.5) is 4.39 Å². The Morgan fingerprint density at radius 1 is 1.10 bits per heavy atom. The first kappa shape index (κ1) is 20.7. The van der Waals surface area contributed by atoms with Gasteiger partial charge >= 0.3 is 0 Å². The number of hydrogen-bond acceptors (Lipinski definition) is 4. The van der Waals surface area contributed by atoms with Gasteiger partial charge in [0.25, 0.3) is 5.91 Å². The summed E-state index contributed by atoms with van der Waals surface area (Å²) in [5, 5.41) is 0. The Hall–Kier alpha value is -3.61. The molecule has 0 aliphatic carbocycles. The Morgan fingerprint density at radius 3 is 2.55 bits per heavy atom. The van der Waals surface area contributed by atoms with Crippen LogP contribution in [0.15, 0.2) is 67.1 Å². The van der Waals surface area contributed by atoms with E-state index in [0.717, 1.165) is 11.1 Å².